The van der Waals surface area contributed by atoms with E-state index < -0.39 is 18.0 Å². The van der Waals surface area contributed by atoms with E-state index in [9.17, 15) is 9.59 Å². The standard InChI is InChI=1S/C11H13N3O2S.C11H12N2O2S.2CH4/c1-16-11(15)10(13-14-12)8-17-7-9-5-3-2-4-6-9;1-15-11(14)10(13-12)8-16-7-9-5-3-2-4-6-9;;/h2-6,10H,7-8H2,1H3;2-6H,7-8H2,1H3;2*1H4/t10-;;;/m0.../s1. The molecule has 35 heavy (non-hydrogen) atoms. The Bertz CT molecular complexity index is 964. The highest BCUT2D eigenvalue weighted by Gasteiger charge is 2.20. The van der Waals surface area contributed by atoms with Crippen molar-refractivity contribution in [3.8, 4) is 0 Å². The number of hydrogen-bond donors (Lipinski definition) is 0. The molecule has 9 nitrogen and oxygen atoms in total. The van der Waals surface area contributed by atoms with Crippen LogP contribution in [0.15, 0.2) is 65.8 Å². The Labute approximate surface area is 215 Å². The first-order chi connectivity index (χ1) is 16.0. The third-order valence-corrected chi connectivity index (χ3v) is 6.05. The summed E-state index contributed by atoms with van der Waals surface area (Å²) in [5, 5.41) is 3.41. The van der Waals surface area contributed by atoms with Crippen LogP contribution < -0.4 is 0 Å². The van der Waals surface area contributed by atoms with Gasteiger partial charge in [0.15, 0.2) is 0 Å². The van der Waals surface area contributed by atoms with Gasteiger partial charge >= 0.3 is 17.7 Å². The van der Waals surface area contributed by atoms with Crippen molar-refractivity contribution in [2.24, 2.45) is 5.11 Å². The van der Waals surface area contributed by atoms with Crippen molar-refractivity contribution in [3.05, 3.63) is 87.8 Å². The van der Waals surface area contributed by atoms with E-state index in [0.29, 0.717) is 11.5 Å². The summed E-state index contributed by atoms with van der Waals surface area (Å²) in [6.45, 7) is 0. The molecule has 0 spiro atoms. The molecule has 2 aromatic carbocycles. The van der Waals surface area contributed by atoms with Crippen molar-refractivity contribution in [1.29, 1.82) is 0 Å². The van der Waals surface area contributed by atoms with Crippen LogP contribution in [-0.4, -0.2) is 54.2 Å². The zero-order chi connectivity index (χ0) is 24.3. The fourth-order valence-electron chi connectivity index (χ4n) is 2.30. The van der Waals surface area contributed by atoms with Gasteiger partial charge in [-0.05, 0) is 16.7 Å². The van der Waals surface area contributed by atoms with E-state index in [0.717, 1.165) is 17.1 Å². The molecule has 0 aliphatic carbocycles. The van der Waals surface area contributed by atoms with Crippen LogP contribution in [0.3, 0.4) is 0 Å². The van der Waals surface area contributed by atoms with Crippen molar-refractivity contribution in [2.75, 3.05) is 25.7 Å². The van der Waals surface area contributed by atoms with Gasteiger partial charge < -0.3 is 15.0 Å². The molecule has 0 radical (unpaired) electrons. The smallest absolute Gasteiger partial charge is 0.417 e. The Hall–Kier alpha value is -3.23. The second-order valence-electron chi connectivity index (χ2n) is 6.26. The number of esters is 2. The molecular weight excluding hydrogens is 486 g/mol. The van der Waals surface area contributed by atoms with Crippen molar-refractivity contribution in [2.45, 2.75) is 32.4 Å². The Morgan fingerprint density at radius 2 is 1.40 bits per heavy atom. The molecule has 0 fully saturated rings. The lowest BCUT2D eigenvalue weighted by molar-refractivity contribution is -0.141. The summed E-state index contributed by atoms with van der Waals surface area (Å²) in [4.78, 5) is 27.9. The topological polar surface area (TPSA) is 138 Å². The number of ether oxygens (including phenoxy) is 2. The van der Waals surface area contributed by atoms with Gasteiger partial charge in [-0.15, -0.1) is 11.8 Å². The first kappa shape index (κ1) is 33.9. The lowest BCUT2D eigenvalue weighted by Gasteiger charge is -2.08. The van der Waals surface area contributed by atoms with Crippen LogP contribution in [0.5, 0.6) is 0 Å². The van der Waals surface area contributed by atoms with Gasteiger partial charge in [-0.1, -0.05) is 80.6 Å². The number of methoxy groups -OCH3 is 2. The summed E-state index contributed by atoms with van der Waals surface area (Å²) in [7, 11) is 2.54. The maximum atomic E-state index is 11.2. The predicted molar refractivity (Wildman–Crippen MR) is 144 cm³/mol. The van der Waals surface area contributed by atoms with Gasteiger partial charge in [0, 0.05) is 22.2 Å². The summed E-state index contributed by atoms with van der Waals surface area (Å²) in [5.41, 5.74) is 19.3. The Balaban J connectivity index is 0. The van der Waals surface area contributed by atoms with Gasteiger partial charge in [0.1, 0.15) is 11.8 Å². The minimum atomic E-state index is -0.751. The van der Waals surface area contributed by atoms with E-state index >= 15 is 0 Å². The first-order valence-corrected chi connectivity index (χ1v) is 12.0. The molecule has 2 rings (SSSR count). The predicted octanol–water partition coefficient (Wildman–Crippen LogP) is 5.81. The molecule has 0 aliphatic rings. The lowest BCUT2D eigenvalue weighted by Crippen LogP contribution is -2.22. The molecule has 0 N–H and O–H groups in total. The molecule has 1 atom stereocenters. The maximum absolute atomic E-state index is 11.2. The van der Waals surface area contributed by atoms with Gasteiger partial charge in [0.25, 0.3) is 0 Å². The van der Waals surface area contributed by atoms with Gasteiger partial charge in [-0.25, -0.2) is 4.79 Å². The van der Waals surface area contributed by atoms with Crippen molar-refractivity contribution >= 4 is 41.2 Å². The first-order valence-electron chi connectivity index (χ1n) is 9.70. The lowest BCUT2D eigenvalue weighted by atomic mass is 10.2. The molecule has 0 aliphatic heterocycles. The largest absolute Gasteiger partial charge is 0.469 e. The van der Waals surface area contributed by atoms with Crippen LogP contribution in [-0.2, 0) is 30.6 Å². The molecule has 0 unspecified atom stereocenters. The van der Waals surface area contributed by atoms with Crippen LogP contribution in [0.2, 0.25) is 0 Å². The minimum absolute atomic E-state index is 0. The van der Waals surface area contributed by atoms with Gasteiger partial charge in [0.05, 0.1) is 14.2 Å². The number of carbonyl (C=O) groups is 2. The molecule has 0 aromatic heterocycles. The zero-order valence-electron chi connectivity index (χ0n) is 18.4. The fourth-order valence-corrected chi connectivity index (χ4v) is 4.17. The monoisotopic (exact) mass is 519 g/mol. The molecule has 2 aromatic rings. The van der Waals surface area contributed by atoms with Crippen LogP contribution in [0.25, 0.3) is 16.0 Å². The number of hydrogen-bond acceptors (Lipinski definition) is 7. The van der Waals surface area contributed by atoms with Gasteiger partial charge in [-0.2, -0.15) is 16.6 Å². The van der Waals surface area contributed by atoms with Crippen molar-refractivity contribution in [1.82, 2.24) is 0 Å². The quantitative estimate of drug-likeness (QED) is 0.121. The summed E-state index contributed by atoms with van der Waals surface area (Å²) in [6, 6.07) is 19.0. The molecule has 0 heterocycles. The summed E-state index contributed by atoms with van der Waals surface area (Å²) >= 11 is 3.02. The molecule has 0 saturated heterocycles. The van der Waals surface area contributed by atoms with Crippen molar-refractivity contribution in [3.63, 3.8) is 0 Å². The number of azide groups is 1. The molecule has 0 bridgehead atoms. The number of nitrogens with zero attached hydrogens (tertiary/aromatic N) is 5. The fraction of sp³-hybridized carbons (Fsp3) is 0.375. The summed E-state index contributed by atoms with van der Waals surface area (Å²) < 4.78 is 9.01. The van der Waals surface area contributed by atoms with Gasteiger partial charge in [0.2, 0.25) is 0 Å². The van der Waals surface area contributed by atoms with Crippen LogP contribution in [0, 0.1) is 0 Å². The highest BCUT2D eigenvalue weighted by atomic mass is 32.2. The van der Waals surface area contributed by atoms with E-state index in [1.165, 1.54) is 43.3 Å². The number of thioether (sulfide) groups is 2. The average molecular weight is 520 g/mol. The number of benzene rings is 2. The van der Waals surface area contributed by atoms with E-state index in [-0.39, 0.29) is 20.6 Å². The molecule has 0 amide bonds. The average Bonchev–Trinajstić information content (AvgIpc) is 2.87. The van der Waals surface area contributed by atoms with E-state index in [1.54, 1.807) is 0 Å². The second-order valence-corrected chi connectivity index (χ2v) is 8.28. The Kier molecular flexibility index (Phi) is 20.7. The maximum Gasteiger partial charge on any atom is 0.417 e. The van der Waals surface area contributed by atoms with E-state index in [1.807, 2.05) is 60.7 Å². The summed E-state index contributed by atoms with van der Waals surface area (Å²) in [5.74, 6) is 1.20. The highest BCUT2D eigenvalue weighted by Crippen LogP contribution is 2.15. The molecule has 190 valence electrons. The van der Waals surface area contributed by atoms with E-state index in [4.69, 9.17) is 11.1 Å². The summed E-state index contributed by atoms with van der Waals surface area (Å²) in [6.07, 6.45) is 0. The normalized spacial score (nSPS) is 9.77. The zero-order valence-corrected chi connectivity index (χ0v) is 20.0. The highest BCUT2D eigenvalue weighted by molar-refractivity contribution is 7.99. The minimum Gasteiger partial charge on any atom is -0.469 e. The van der Waals surface area contributed by atoms with Crippen LogP contribution in [0.1, 0.15) is 26.0 Å². The Morgan fingerprint density at radius 1 is 0.886 bits per heavy atom. The molecular formula is C24H33N5O4S2. The van der Waals surface area contributed by atoms with E-state index in [2.05, 4.69) is 24.3 Å². The van der Waals surface area contributed by atoms with Crippen molar-refractivity contribution < 1.29 is 23.9 Å². The third-order valence-electron chi connectivity index (χ3n) is 3.94. The van der Waals surface area contributed by atoms with Gasteiger partial charge in [-0.3, -0.25) is 4.79 Å². The number of carbonyl (C=O) groups excluding carboxylic acids is 2. The van der Waals surface area contributed by atoms with Crippen LogP contribution >= 0.6 is 23.5 Å². The number of rotatable bonds is 11. The third kappa shape index (κ3) is 14.6. The second kappa shape index (κ2) is 21.3. The SMILES string of the molecule is C.C.COC(=O)C(CSCc1ccccc1)=[N+]=[N-].COC(=O)[C@H](CSCc1ccccc1)N=[N+]=[N-]. The molecule has 11 heteroatoms. The Morgan fingerprint density at radius 3 is 1.83 bits per heavy atom. The molecule has 0 saturated carbocycles. The van der Waals surface area contributed by atoms with Crippen LogP contribution in [0.4, 0.5) is 0 Å².